The fraction of sp³-hybridized carbons (Fsp3) is 0.190. The van der Waals surface area contributed by atoms with Crippen LogP contribution in [0.5, 0.6) is 0 Å². The number of nitriles is 1. The minimum absolute atomic E-state index is 0.0972. The maximum atomic E-state index is 12.4. The Morgan fingerprint density at radius 2 is 1.88 bits per heavy atom. The van der Waals surface area contributed by atoms with Crippen LogP contribution in [0, 0.1) is 21.4 Å². The lowest BCUT2D eigenvalue weighted by atomic mass is 10.1. The summed E-state index contributed by atoms with van der Waals surface area (Å²) in [4.78, 5) is 35.1. The topological polar surface area (TPSA) is 176 Å². The van der Waals surface area contributed by atoms with Crippen LogP contribution in [0.15, 0.2) is 48.8 Å². The van der Waals surface area contributed by atoms with Gasteiger partial charge in [-0.25, -0.2) is 19.7 Å². The van der Waals surface area contributed by atoms with E-state index in [0.717, 1.165) is 6.20 Å². The van der Waals surface area contributed by atoms with Gasteiger partial charge in [0.05, 0.1) is 28.9 Å². The number of ether oxygens (including phenoxy) is 1. The average Bonchev–Trinajstić information content (AvgIpc) is 2.85. The highest BCUT2D eigenvalue weighted by Crippen LogP contribution is 2.23. The number of aromatic nitrogens is 3. The molecule has 2 heterocycles. The summed E-state index contributed by atoms with van der Waals surface area (Å²) in [5.74, 6) is 0.0518. The van der Waals surface area contributed by atoms with Crippen molar-refractivity contribution in [2.45, 2.75) is 0 Å². The van der Waals surface area contributed by atoms with Crippen LogP contribution in [-0.2, 0) is 4.74 Å². The standard InChI is InChI=1S/C21H19N7O5/c22-11-14-1-3-15(4-2-14)19-17(20(30)33-10-9-29)13-26-21(27-19)24-8-7-23-18-6-5-16(12-25-18)28(31)32/h1-6,12-13,29H,7-10H2,(H,23,25)(H,24,26,27). The van der Waals surface area contributed by atoms with Gasteiger partial charge >= 0.3 is 5.97 Å². The summed E-state index contributed by atoms with van der Waals surface area (Å²) in [6.07, 6.45) is 2.49. The molecule has 12 nitrogen and oxygen atoms in total. The van der Waals surface area contributed by atoms with Crippen LogP contribution < -0.4 is 10.6 Å². The largest absolute Gasteiger partial charge is 0.460 e. The van der Waals surface area contributed by atoms with Gasteiger partial charge in [-0.2, -0.15) is 5.26 Å². The molecular weight excluding hydrogens is 430 g/mol. The molecule has 0 bridgehead atoms. The van der Waals surface area contributed by atoms with Crippen LogP contribution in [0.2, 0.25) is 0 Å². The lowest BCUT2D eigenvalue weighted by Crippen LogP contribution is -2.17. The number of nitro groups is 1. The van der Waals surface area contributed by atoms with E-state index in [2.05, 4.69) is 25.6 Å². The van der Waals surface area contributed by atoms with Gasteiger partial charge in [0, 0.05) is 30.9 Å². The molecule has 3 rings (SSSR count). The second-order valence-electron chi connectivity index (χ2n) is 6.52. The Morgan fingerprint density at radius 3 is 2.52 bits per heavy atom. The fourth-order valence-corrected chi connectivity index (χ4v) is 2.72. The summed E-state index contributed by atoms with van der Waals surface area (Å²) in [5.41, 5.74) is 1.38. The van der Waals surface area contributed by atoms with Crippen molar-refractivity contribution in [2.24, 2.45) is 0 Å². The molecule has 0 saturated carbocycles. The molecule has 0 aliphatic rings. The van der Waals surface area contributed by atoms with Gasteiger partial charge in [0.2, 0.25) is 5.95 Å². The minimum atomic E-state index is -0.680. The van der Waals surface area contributed by atoms with Crippen LogP contribution in [-0.4, -0.2) is 57.3 Å². The van der Waals surface area contributed by atoms with Gasteiger partial charge in [-0.05, 0) is 18.2 Å². The Kier molecular flexibility index (Phi) is 7.76. The van der Waals surface area contributed by atoms with E-state index in [1.54, 1.807) is 24.3 Å². The van der Waals surface area contributed by atoms with Crippen LogP contribution in [0.4, 0.5) is 17.5 Å². The summed E-state index contributed by atoms with van der Waals surface area (Å²) in [7, 11) is 0. The first kappa shape index (κ1) is 23.0. The van der Waals surface area contributed by atoms with Gasteiger partial charge < -0.3 is 20.5 Å². The second-order valence-corrected chi connectivity index (χ2v) is 6.52. The Hall–Kier alpha value is -4.63. The highest BCUT2D eigenvalue weighted by atomic mass is 16.6. The van der Waals surface area contributed by atoms with Crippen molar-refractivity contribution >= 4 is 23.4 Å². The zero-order valence-electron chi connectivity index (χ0n) is 17.3. The number of benzene rings is 1. The van der Waals surface area contributed by atoms with Gasteiger partial charge in [0.25, 0.3) is 5.69 Å². The highest BCUT2D eigenvalue weighted by Gasteiger charge is 2.18. The zero-order chi connectivity index (χ0) is 23.6. The maximum Gasteiger partial charge on any atom is 0.342 e. The lowest BCUT2D eigenvalue weighted by Gasteiger charge is -2.12. The fourth-order valence-electron chi connectivity index (χ4n) is 2.72. The number of hydrogen-bond donors (Lipinski definition) is 3. The Bertz CT molecular complexity index is 1160. The number of hydrogen-bond acceptors (Lipinski definition) is 11. The van der Waals surface area contributed by atoms with Crippen molar-refractivity contribution in [1.29, 1.82) is 5.26 Å². The molecule has 0 radical (unpaired) electrons. The number of rotatable bonds is 10. The van der Waals surface area contributed by atoms with Crippen molar-refractivity contribution in [3.8, 4) is 17.3 Å². The molecule has 0 aliphatic carbocycles. The zero-order valence-corrected chi connectivity index (χ0v) is 17.3. The minimum Gasteiger partial charge on any atom is -0.460 e. The molecule has 0 saturated heterocycles. The summed E-state index contributed by atoms with van der Waals surface area (Å²) in [6, 6.07) is 11.4. The number of carbonyl (C=O) groups is 1. The molecule has 1 aromatic carbocycles. The van der Waals surface area contributed by atoms with Gasteiger partial charge in [0.1, 0.15) is 24.2 Å². The molecular formula is C21H19N7O5. The first-order valence-corrected chi connectivity index (χ1v) is 9.75. The third-order valence-electron chi connectivity index (χ3n) is 4.29. The molecule has 12 heteroatoms. The molecule has 168 valence electrons. The van der Waals surface area contributed by atoms with E-state index < -0.39 is 10.9 Å². The number of aliphatic hydroxyl groups is 1. The molecule has 3 N–H and O–H groups in total. The van der Waals surface area contributed by atoms with Crippen molar-refractivity contribution in [1.82, 2.24) is 15.0 Å². The van der Waals surface area contributed by atoms with E-state index in [4.69, 9.17) is 15.1 Å². The van der Waals surface area contributed by atoms with Gasteiger partial charge in [-0.3, -0.25) is 10.1 Å². The number of pyridine rings is 1. The van der Waals surface area contributed by atoms with Gasteiger partial charge in [0.15, 0.2) is 0 Å². The van der Waals surface area contributed by atoms with E-state index in [9.17, 15) is 14.9 Å². The summed E-state index contributed by atoms with van der Waals surface area (Å²) in [5, 5.41) is 34.6. The van der Waals surface area contributed by atoms with E-state index in [-0.39, 0.29) is 30.4 Å². The molecule has 0 amide bonds. The summed E-state index contributed by atoms with van der Waals surface area (Å²) in [6.45, 7) is 0.337. The molecule has 0 spiro atoms. The van der Waals surface area contributed by atoms with E-state index in [0.29, 0.717) is 35.7 Å². The predicted octanol–water partition coefficient (Wildman–Crippen LogP) is 1.99. The number of nitrogens with one attached hydrogen (secondary N) is 2. The van der Waals surface area contributed by atoms with Crippen molar-refractivity contribution in [2.75, 3.05) is 36.9 Å². The lowest BCUT2D eigenvalue weighted by molar-refractivity contribution is -0.385. The normalized spacial score (nSPS) is 10.2. The average molecular weight is 449 g/mol. The first-order valence-electron chi connectivity index (χ1n) is 9.75. The molecule has 2 aromatic heterocycles. The number of esters is 1. The van der Waals surface area contributed by atoms with Crippen molar-refractivity contribution < 1.29 is 19.6 Å². The SMILES string of the molecule is N#Cc1ccc(-c2nc(NCCNc3ccc([N+](=O)[O-])cn3)ncc2C(=O)OCCO)cc1. The molecule has 0 fully saturated rings. The van der Waals surface area contributed by atoms with Gasteiger partial charge in [-0.1, -0.05) is 12.1 Å². The third kappa shape index (κ3) is 6.18. The predicted molar refractivity (Wildman–Crippen MR) is 117 cm³/mol. The van der Waals surface area contributed by atoms with E-state index in [1.165, 1.54) is 18.3 Å². The third-order valence-corrected chi connectivity index (χ3v) is 4.29. The Balaban J connectivity index is 1.70. The second kappa shape index (κ2) is 11.1. The smallest absolute Gasteiger partial charge is 0.342 e. The van der Waals surface area contributed by atoms with Crippen LogP contribution >= 0.6 is 0 Å². The molecule has 0 unspecified atom stereocenters. The number of carbonyl (C=O) groups excluding carboxylic acids is 1. The van der Waals surface area contributed by atoms with E-state index >= 15 is 0 Å². The first-order chi connectivity index (χ1) is 16.0. The maximum absolute atomic E-state index is 12.4. The highest BCUT2D eigenvalue weighted by molar-refractivity contribution is 5.96. The van der Waals surface area contributed by atoms with Crippen molar-refractivity contribution in [3.05, 3.63) is 70.0 Å². The quantitative estimate of drug-likeness (QED) is 0.178. The number of aliphatic hydroxyl groups excluding tert-OH is 1. The Labute approximate surface area is 188 Å². The van der Waals surface area contributed by atoms with Crippen LogP contribution in [0.25, 0.3) is 11.3 Å². The molecule has 33 heavy (non-hydrogen) atoms. The number of nitrogens with zero attached hydrogens (tertiary/aromatic N) is 5. The number of anilines is 2. The molecule has 0 atom stereocenters. The Morgan fingerprint density at radius 1 is 1.12 bits per heavy atom. The molecule has 0 aliphatic heterocycles. The molecule has 3 aromatic rings. The summed E-state index contributed by atoms with van der Waals surface area (Å²) < 4.78 is 4.99. The van der Waals surface area contributed by atoms with Gasteiger partial charge in [-0.15, -0.1) is 0 Å². The van der Waals surface area contributed by atoms with Crippen molar-refractivity contribution in [3.63, 3.8) is 0 Å². The van der Waals surface area contributed by atoms with Crippen LogP contribution in [0.1, 0.15) is 15.9 Å². The monoisotopic (exact) mass is 449 g/mol. The van der Waals surface area contributed by atoms with E-state index in [1.807, 2.05) is 6.07 Å². The van der Waals surface area contributed by atoms with Crippen LogP contribution in [0.3, 0.4) is 0 Å². The summed E-state index contributed by atoms with van der Waals surface area (Å²) >= 11 is 0.